The van der Waals surface area contributed by atoms with Gasteiger partial charge >= 0.3 is 0 Å². The second kappa shape index (κ2) is 15.8. The van der Waals surface area contributed by atoms with Crippen LogP contribution in [0.15, 0.2) is 30.3 Å². The van der Waals surface area contributed by atoms with Gasteiger partial charge in [0.1, 0.15) is 12.1 Å². The van der Waals surface area contributed by atoms with Gasteiger partial charge in [-0.1, -0.05) is 63.4 Å². The zero-order chi connectivity index (χ0) is 37.6. The van der Waals surface area contributed by atoms with Gasteiger partial charge in [-0.15, -0.1) is 0 Å². The maximum atomic E-state index is 14.3. The van der Waals surface area contributed by atoms with Crippen molar-refractivity contribution in [3.05, 3.63) is 35.9 Å². The van der Waals surface area contributed by atoms with E-state index in [-0.39, 0.29) is 46.8 Å². The van der Waals surface area contributed by atoms with E-state index in [4.69, 9.17) is 0 Å². The molecule has 298 valence electrons. The Hall–Kier alpha value is -2.49. The summed E-state index contributed by atoms with van der Waals surface area (Å²) in [5, 5.41) is 25.7. The lowest BCUT2D eigenvalue weighted by Gasteiger charge is -2.62. The van der Waals surface area contributed by atoms with Crippen molar-refractivity contribution >= 4 is 17.7 Å². The second-order valence-electron chi connectivity index (χ2n) is 19.4. The summed E-state index contributed by atoms with van der Waals surface area (Å²) in [5.41, 5.74) is 1.27. The highest BCUT2D eigenvalue weighted by molar-refractivity contribution is 5.93. The lowest BCUT2D eigenvalue weighted by Crippen LogP contribution is -2.63. The number of aliphatic hydroxyl groups is 2. The van der Waals surface area contributed by atoms with Crippen LogP contribution < -0.4 is 5.32 Å². The fourth-order valence-corrected chi connectivity index (χ4v) is 13.5. The van der Waals surface area contributed by atoms with Crippen LogP contribution in [-0.4, -0.2) is 106 Å². The van der Waals surface area contributed by atoms with Crippen molar-refractivity contribution in [3.63, 3.8) is 0 Å². The van der Waals surface area contributed by atoms with Crippen molar-refractivity contribution in [1.82, 2.24) is 20.0 Å². The Morgan fingerprint density at radius 2 is 1.56 bits per heavy atom. The topological polar surface area (TPSA) is 113 Å². The van der Waals surface area contributed by atoms with Gasteiger partial charge in [-0.05, 0) is 123 Å². The molecule has 0 bridgehead atoms. The first kappa shape index (κ1) is 38.4. The first-order valence-electron chi connectivity index (χ1n) is 22.1. The average molecular weight is 745 g/mol. The monoisotopic (exact) mass is 745 g/mol. The van der Waals surface area contributed by atoms with Gasteiger partial charge in [0.2, 0.25) is 17.7 Å². The molecule has 3 N–H and O–H groups in total. The third-order valence-corrected chi connectivity index (χ3v) is 16.7. The van der Waals surface area contributed by atoms with Crippen LogP contribution in [0.2, 0.25) is 0 Å². The Kier molecular flexibility index (Phi) is 11.2. The Bertz CT molecular complexity index is 1490. The molecule has 5 saturated carbocycles. The van der Waals surface area contributed by atoms with Gasteiger partial charge in [-0.3, -0.25) is 19.3 Å². The zero-order valence-electron chi connectivity index (χ0n) is 33.2. The number of likely N-dealkylation sites (tertiary alicyclic amines) is 1. The standard InChI is InChI=1S/C45H68N4O5/c1-44-20-19-35-33(34(44)17-18-40(44)51)16-15-32-28-39(50)38(29-45(32,35)2)47-22-24-48(25-23-47)43(54)37-14-9-21-49(37)42(53)36(26-30-10-5-3-6-11-30)46-41(52)27-31-12-7-4-8-13-31/h3,5-6,10-11,31-40,50-51H,4,7-9,12-29H2,1-2H3,(H,46,52)/t32-,33-,34-,35-,36-,37-,38-,39-,40-,44-,45-/m0/s1. The summed E-state index contributed by atoms with van der Waals surface area (Å²) in [4.78, 5) is 48.1. The number of benzene rings is 1. The van der Waals surface area contributed by atoms with E-state index in [1.54, 1.807) is 4.90 Å². The summed E-state index contributed by atoms with van der Waals surface area (Å²) >= 11 is 0. The summed E-state index contributed by atoms with van der Waals surface area (Å²) in [7, 11) is 0. The number of carbonyl (C=O) groups is 3. The minimum atomic E-state index is -0.692. The van der Waals surface area contributed by atoms with E-state index in [1.165, 1.54) is 38.5 Å². The van der Waals surface area contributed by atoms with E-state index in [0.29, 0.717) is 68.5 Å². The number of aliphatic hydroxyl groups excluding tert-OH is 2. The van der Waals surface area contributed by atoms with Crippen LogP contribution >= 0.6 is 0 Å². The molecule has 54 heavy (non-hydrogen) atoms. The first-order chi connectivity index (χ1) is 26.0. The molecule has 7 aliphatic rings. The maximum Gasteiger partial charge on any atom is 0.246 e. The Morgan fingerprint density at radius 1 is 0.815 bits per heavy atom. The predicted molar refractivity (Wildman–Crippen MR) is 209 cm³/mol. The minimum Gasteiger partial charge on any atom is -0.393 e. The van der Waals surface area contributed by atoms with Crippen LogP contribution in [-0.2, 0) is 20.8 Å². The highest BCUT2D eigenvalue weighted by Crippen LogP contribution is 2.66. The van der Waals surface area contributed by atoms with Crippen molar-refractivity contribution in [3.8, 4) is 0 Å². The molecule has 8 rings (SSSR count). The van der Waals surface area contributed by atoms with Gasteiger partial charge in [0.15, 0.2) is 0 Å². The number of hydrogen-bond donors (Lipinski definition) is 3. The number of fused-ring (bicyclic) bond motifs is 5. The molecular weight excluding hydrogens is 677 g/mol. The number of hydrogen-bond acceptors (Lipinski definition) is 6. The minimum absolute atomic E-state index is 0.0304. The van der Waals surface area contributed by atoms with E-state index < -0.39 is 12.1 Å². The summed E-state index contributed by atoms with van der Waals surface area (Å²) in [6.07, 6.45) is 16.3. The summed E-state index contributed by atoms with van der Waals surface area (Å²) in [6, 6.07) is 8.80. The molecule has 0 unspecified atom stereocenters. The third-order valence-electron chi connectivity index (χ3n) is 16.7. The van der Waals surface area contributed by atoms with Crippen LogP contribution in [0.25, 0.3) is 0 Å². The number of nitrogens with one attached hydrogen (secondary N) is 1. The molecule has 9 heteroatoms. The van der Waals surface area contributed by atoms with Gasteiger partial charge < -0.3 is 25.3 Å². The third kappa shape index (κ3) is 7.28. The smallest absolute Gasteiger partial charge is 0.246 e. The van der Waals surface area contributed by atoms with Crippen LogP contribution in [0.1, 0.15) is 122 Å². The van der Waals surface area contributed by atoms with E-state index in [2.05, 4.69) is 24.1 Å². The SMILES string of the molecule is C[C@]12C[C@H](N3CCN(C(=O)[C@@H]4CCCN4C(=O)[C@H](Cc4ccccc4)NC(=O)CC4CCCCC4)CC3)[C@@H](O)C[C@@H]1CC[C@@H]1[C@@H]2CC[C@]2(C)[C@@H](O)CC[C@@H]12. The lowest BCUT2D eigenvalue weighted by molar-refractivity contribution is -0.158. The Balaban J connectivity index is 0.898. The average Bonchev–Trinajstić information content (AvgIpc) is 3.79. The zero-order valence-corrected chi connectivity index (χ0v) is 33.2. The van der Waals surface area contributed by atoms with Crippen molar-refractivity contribution in [1.29, 1.82) is 0 Å². The quantitative estimate of drug-likeness (QED) is 0.322. The van der Waals surface area contributed by atoms with Gasteiger partial charge in [-0.25, -0.2) is 0 Å². The van der Waals surface area contributed by atoms with Crippen LogP contribution in [0.5, 0.6) is 0 Å². The van der Waals surface area contributed by atoms with E-state index in [9.17, 15) is 24.6 Å². The molecule has 5 aliphatic carbocycles. The fraction of sp³-hybridized carbons (Fsp3) is 0.800. The van der Waals surface area contributed by atoms with Crippen molar-refractivity contribution in [2.45, 2.75) is 153 Å². The molecule has 0 aromatic heterocycles. The first-order valence-corrected chi connectivity index (χ1v) is 22.1. The van der Waals surface area contributed by atoms with Crippen molar-refractivity contribution < 1.29 is 24.6 Å². The molecular formula is C45H68N4O5. The maximum absolute atomic E-state index is 14.3. The molecule has 2 heterocycles. The molecule has 2 saturated heterocycles. The number of piperazine rings is 1. The van der Waals surface area contributed by atoms with Gasteiger partial charge in [0.05, 0.1) is 12.2 Å². The molecule has 7 fully saturated rings. The van der Waals surface area contributed by atoms with Gasteiger partial charge in [-0.2, -0.15) is 0 Å². The normalized spacial score (nSPS) is 39.3. The molecule has 2 aliphatic heterocycles. The number of amides is 3. The number of rotatable bonds is 8. The molecule has 0 radical (unpaired) electrons. The summed E-state index contributed by atoms with van der Waals surface area (Å²) in [5.74, 6) is 2.74. The summed E-state index contributed by atoms with van der Waals surface area (Å²) < 4.78 is 0. The van der Waals surface area contributed by atoms with Crippen molar-refractivity contribution in [2.75, 3.05) is 32.7 Å². The van der Waals surface area contributed by atoms with Gasteiger partial charge in [0.25, 0.3) is 0 Å². The van der Waals surface area contributed by atoms with Crippen LogP contribution in [0, 0.1) is 40.4 Å². The van der Waals surface area contributed by atoms with Gasteiger partial charge in [0, 0.05) is 51.6 Å². The molecule has 1 aromatic carbocycles. The second-order valence-corrected chi connectivity index (χ2v) is 19.4. The fourth-order valence-electron chi connectivity index (χ4n) is 13.5. The lowest BCUT2D eigenvalue weighted by atomic mass is 9.44. The number of nitrogens with zero attached hydrogens (tertiary/aromatic N) is 3. The van der Waals surface area contributed by atoms with E-state index >= 15 is 0 Å². The molecule has 9 nitrogen and oxygen atoms in total. The van der Waals surface area contributed by atoms with E-state index in [1.807, 2.05) is 35.2 Å². The largest absolute Gasteiger partial charge is 0.393 e. The highest BCUT2D eigenvalue weighted by Gasteiger charge is 2.61. The molecule has 11 atom stereocenters. The predicted octanol–water partition coefficient (Wildman–Crippen LogP) is 5.56. The Labute approximate surface area is 324 Å². The van der Waals surface area contributed by atoms with Crippen LogP contribution in [0.4, 0.5) is 0 Å². The molecule has 0 spiro atoms. The van der Waals surface area contributed by atoms with Crippen LogP contribution in [0.3, 0.4) is 0 Å². The van der Waals surface area contributed by atoms with E-state index in [0.717, 1.165) is 70.0 Å². The number of carbonyl (C=O) groups excluding carboxylic acids is 3. The highest BCUT2D eigenvalue weighted by atomic mass is 16.3. The Morgan fingerprint density at radius 3 is 2.31 bits per heavy atom. The summed E-state index contributed by atoms with van der Waals surface area (Å²) in [6.45, 7) is 8.12. The molecule has 1 aromatic rings. The van der Waals surface area contributed by atoms with Crippen molar-refractivity contribution in [2.24, 2.45) is 40.4 Å². The molecule has 3 amide bonds.